The number of carboxylic acid groups (broad SMARTS) is 1. The van der Waals surface area contributed by atoms with Crippen molar-refractivity contribution in [3.8, 4) is 0 Å². The summed E-state index contributed by atoms with van der Waals surface area (Å²) in [6.45, 7) is 8.89. The molecule has 0 aliphatic carbocycles. The minimum atomic E-state index is -0.879. The van der Waals surface area contributed by atoms with Crippen molar-refractivity contribution in [2.24, 2.45) is 0 Å². The maximum absolute atomic E-state index is 11.5. The second kappa shape index (κ2) is 37.2. The Morgan fingerprint density at radius 3 is 0.952 bits per heavy atom. The standard InChI is InChI=1S/C38H77NO2.Li/c1-4-7-9-11-13-15-17-19-21-23-25-27-29-31-34-39(37(33-6-3)36-38(40)41)35-32-30-28-26-24-22-20-18-16-14-12-10-8-5-2;/h37H,4-36H2,1-3H3,(H,40,41);/q;+1/p-1. The Morgan fingerprint density at radius 2 is 0.714 bits per heavy atom. The van der Waals surface area contributed by atoms with Crippen LogP contribution in [0.2, 0.25) is 0 Å². The fourth-order valence-electron chi connectivity index (χ4n) is 6.44. The number of aliphatic carboxylic acids is 1. The van der Waals surface area contributed by atoms with Crippen LogP contribution in [0.4, 0.5) is 0 Å². The Hall–Kier alpha value is 0.0274. The molecule has 0 aromatic carbocycles. The van der Waals surface area contributed by atoms with Gasteiger partial charge in [-0.15, -0.1) is 0 Å². The summed E-state index contributed by atoms with van der Waals surface area (Å²) < 4.78 is 0. The minimum absolute atomic E-state index is 0. The van der Waals surface area contributed by atoms with Gasteiger partial charge < -0.3 is 14.8 Å². The molecular weight excluding hydrogens is 509 g/mol. The molecule has 0 bridgehead atoms. The van der Waals surface area contributed by atoms with E-state index in [4.69, 9.17) is 0 Å². The third-order valence-electron chi connectivity index (χ3n) is 9.14. The van der Waals surface area contributed by atoms with Crippen LogP contribution in [0.25, 0.3) is 0 Å². The van der Waals surface area contributed by atoms with E-state index >= 15 is 0 Å². The quantitative estimate of drug-likeness (QED) is 0.0553. The molecule has 246 valence electrons. The molecule has 0 N–H and O–H groups in total. The summed E-state index contributed by atoms with van der Waals surface area (Å²) in [5.41, 5.74) is 0. The number of hydrogen-bond donors (Lipinski definition) is 0. The fourth-order valence-corrected chi connectivity index (χ4v) is 6.44. The zero-order valence-corrected chi connectivity index (χ0v) is 29.7. The first-order valence-corrected chi connectivity index (χ1v) is 19.1. The first kappa shape index (κ1) is 44.2. The van der Waals surface area contributed by atoms with Crippen molar-refractivity contribution in [1.82, 2.24) is 4.90 Å². The summed E-state index contributed by atoms with van der Waals surface area (Å²) in [7, 11) is 0. The van der Waals surface area contributed by atoms with E-state index in [1.165, 1.54) is 180 Å². The molecule has 3 nitrogen and oxygen atoms in total. The van der Waals surface area contributed by atoms with Crippen molar-refractivity contribution in [1.29, 1.82) is 0 Å². The van der Waals surface area contributed by atoms with Crippen LogP contribution in [0, 0.1) is 0 Å². The van der Waals surface area contributed by atoms with Crippen molar-refractivity contribution in [2.75, 3.05) is 13.1 Å². The summed E-state index contributed by atoms with van der Waals surface area (Å²) >= 11 is 0. The van der Waals surface area contributed by atoms with E-state index in [0.717, 1.165) is 25.9 Å². The molecule has 0 fully saturated rings. The number of unbranched alkanes of at least 4 members (excludes halogenated alkanes) is 26. The van der Waals surface area contributed by atoms with Gasteiger partial charge in [-0.1, -0.05) is 194 Å². The number of carbonyl (C=O) groups excluding carboxylic acids is 1. The Morgan fingerprint density at radius 1 is 0.452 bits per heavy atom. The van der Waals surface area contributed by atoms with Crippen LogP contribution in [0.1, 0.15) is 220 Å². The van der Waals surface area contributed by atoms with Crippen molar-refractivity contribution < 1.29 is 28.8 Å². The Labute approximate surface area is 277 Å². The van der Waals surface area contributed by atoms with Crippen LogP contribution in [0.15, 0.2) is 0 Å². The van der Waals surface area contributed by atoms with Crippen molar-refractivity contribution in [3.63, 3.8) is 0 Å². The number of nitrogens with zero attached hydrogens (tertiary/aromatic N) is 1. The first-order valence-electron chi connectivity index (χ1n) is 19.1. The molecule has 1 atom stereocenters. The molecule has 4 heteroatoms. The summed E-state index contributed by atoms with van der Waals surface area (Å²) in [5, 5.41) is 11.5. The third kappa shape index (κ3) is 32.9. The van der Waals surface area contributed by atoms with Gasteiger partial charge in [-0.25, -0.2) is 0 Å². The van der Waals surface area contributed by atoms with E-state index in [0.29, 0.717) is 0 Å². The van der Waals surface area contributed by atoms with E-state index < -0.39 is 5.97 Å². The normalized spacial score (nSPS) is 12.1. The van der Waals surface area contributed by atoms with Gasteiger partial charge in [-0.3, -0.25) is 0 Å². The van der Waals surface area contributed by atoms with Crippen molar-refractivity contribution in [3.05, 3.63) is 0 Å². The topological polar surface area (TPSA) is 43.4 Å². The molecule has 42 heavy (non-hydrogen) atoms. The van der Waals surface area contributed by atoms with Crippen LogP contribution in [-0.2, 0) is 4.79 Å². The van der Waals surface area contributed by atoms with Gasteiger partial charge in [-0.05, 0) is 32.4 Å². The Balaban J connectivity index is 0. The van der Waals surface area contributed by atoms with Crippen molar-refractivity contribution >= 4 is 5.97 Å². The van der Waals surface area contributed by atoms with E-state index in [-0.39, 0.29) is 31.3 Å². The molecule has 0 aromatic rings. The summed E-state index contributed by atoms with van der Waals surface area (Å²) in [6, 6.07) is 0.161. The molecule has 0 aliphatic rings. The fraction of sp³-hybridized carbons (Fsp3) is 0.974. The van der Waals surface area contributed by atoms with Crippen LogP contribution < -0.4 is 24.0 Å². The van der Waals surface area contributed by atoms with Crippen molar-refractivity contribution in [2.45, 2.75) is 226 Å². The average Bonchev–Trinajstić information content (AvgIpc) is 2.96. The minimum Gasteiger partial charge on any atom is -0.550 e. The van der Waals surface area contributed by atoms with E-state index in [9.17, 15) is 9.90 Å². The second-order valence-corrected chi connectivity index (χ2v) is 13.2. The third-order valence-corrected chi connectivity index (χ3v) is 9.14. The average molecular weight is 586 g/mol. The van der Waals surface area contributed by atoms with E-state index in [1.807, 2.05) is 0 Å². The molecule has 0 saturated heterocycles. The van der Waals surface area contributed by atoms with Gasteiger partial charge >= 0.3 is 18.9 Å². The Bertz CT molecular complexity index is 483. The monoisotopic (exact) mass is 586 g/mol. The van der Waals surface area contributed by atoms with Crippen LogP contribution in [-0.4, -0.2) is 30.0 Å². The molecule has 0 radical (unpaired) electrons. The zero-order chi connectivity index (χ0) is 30.1. The summed E-state index contributed by atoms with van der Waals surface area (Å²) in [6.07, 6.45) is 40.9. The molecule has 0 aliphatic heterocycles. The Kier molecular flexibility index (Phi) is 39.1. The molecule has 0 amide bonds. The van der Waals surface area contributed by atoms with Gasteiger partial charge in [0, 0.05) is 18.4 Å². The predicted molar refractivity (Wildman–Crippen MR) is 181 cm³/mol. The number of carbonyl (C=O) groups is 1. The van der Waals surface area contributed by atoms with Gasteiger partial charge in [0.25, 0.3) is 0 Å². The maximum atomic E-state index is 11.5. The van der Waals surface area contributed by atoms with Crippen LogP contribution in [0.5, 0.6) is 0 Å². The summed E-state index contributed by atoms with van der Waals surface area (Å²) in [4.78, 5) is 14.0. The molecule has 0 aromatic heterocycles. The number of carboxylic acids is 1. The SMILES string of the molecule is CCCCCCCCCCCCCCCCN(CCCCCCCCCCCCCCCC)C(CCC)CC(=O)[O-].[Li+]. The van der Waals surface area contributed by atoms with Gasteiger partial charge in [0.2, 0.25) is 0 Å². The maximum Gasteiger partial charge on any atom is 1.00 e. The first-order chi connectivity index (χ1) is 20.2. The van der Waals surface area contributed by atoms with Gasteiger partial charge in [-0.2, -0.15) is 0 Å². The molecule has 0 saturated carbocycles. The van der Waals surface area contributed by atoms with E-state index in [2.05, 4.69) is 25.7 Å². The number of hydrogen-bond acceptors (Lipinski definition) is 3. The number of rotatable bonds is 35. The van der Waals surface area contributed by atoms with Gasteiger partial charge in [0.15, 0.2) is 0 Å². The zero-order valence-electron chi connectivity index (χ0n) is 29.7. The molecular formula is C38H76LiNO2. The molecule has 0 spiro atoms. The van der Waals surface area contributed by atoms with Crippen LogP contribution in [0.3, 0.4) is 0 Å². The largest absolute Gasteiger partial charge is 1.00 e. The summed E-state index contributed by atoms with van der Waals surface area (Å²) in [5.74, 6) is -0.879. The van der Waals surface area contributed by atoms with Gasteiger partial charge in [0.1, 0.15) is 0 Å². The van der Waals surface area contributed by atoms with Gasteiger partial charge in [0.05, 0.1) is 0 Å². The predicted octanol–water partition coefficient (Wildman–Crippen LogP) is 8.56. The van der Waals surface area contributed by atoms with Crippen LogP contribution >= 0.6 is 0 Å². The molecule has 1 unspecified atom stereocenters. The molecule has 0 heterocycles. The van der Waals surface area contributed by atoms with E-state index in [1.54, 1.807) is 0 Å². The smallest absolute Gasteiger partial charge is 0.550 e. The second-order valence-electron chi connectivity index (χ2n) is 13.2. The molecule has 0 rings (SSSR count).